The quantitative estimate of drug-likeness (QED) is 0.606. The molecule has 0 aromatic heterocycles. The van der Waals surface area contributed by atoms with Crippen LogP contribution in [0.1, 0.15) is 25.3 Å². The monoisotopic (exact) mass is 391 g/mol. The van der Waals surface area contributed by atoms with E-state index < -0.39 is 10.0 Å². The lowest BCUT2D eigenvalue weighted by atomic mass is 10.0. The highest BCUT2D eigenvalue weighted by Crippen LogP contribution is 2.19. The number of anilines is 1. The zero-order valence-corrected chi connectivity index (χ0v) is 16.3. The van der Waals surface area contributed by atoms with Crippen LogP contribution in [0.25, 0.3) is 0 Å². The Balaban J connectivity index is 1.94. The van der Waals surface area contributed by atoms with Crippen molar-refractivity contribution in [3.05, 3.63) is 54.1 Å². The molecule has 2 aromatic carbocycles. The number of carbonyl (C=O) groups is 1. The van der Waals surface area contributed by atoms with Gasteiger partial charge in [0, 0.05) is 18.8 Å². The van der Waals surface area contributed by atoms with E-state index in [-0.39, 0.29) is 30.5 Å². The highest BCUT2D eigenvalue weighted by molar-refractivity contribution is 7.89. The summed E-state index contributed by atoms with van der Waals surface area (Å²) >= 11 is 0. The molecule has 8 heteroatoms. The second kappa shape index (κ2) is 9.50. The maximum Gasteiger partial charge on any atom is 0.262 e. The molecule has 4 N–H and O–H groups in total. The maximum atomic E-state index is 12.1. The van der Waals surface area contributed by atoms with Crippen LogP contribution in [0.3, 0.4) is 0 Å². The van der Waals surface area contributed by atoms with Crippen LogP contribution in [0.2, 0.25) is 0 Å². The predicted octanol–water partition coefficient (Wildman–Crippen LogP) is 2.06. The highest BCUT2D eigenvalue weighted by Gasteiger charge is 2.14. The number of nitrogens with one attached hydrogen (secondary N) is 2. The summed E-state index contributed by atoms with van der Waals surface area (Å²) in [5.74, 6) is 0.634. The Hall–Kier alpha value is -2.42. The predicted molar refractivity (Wildman–Crippen MR) is 105 cm³/mol. The molecule has 0 aliphatic heterocycles. The van der Waals surface area contributed by atoms with Crippen LogP contribution in [-0.4, -0.2) is 34.0 Å². The lowest BCUT2D eigenvalue weighted by molar-refractivity contribution is -0.118. The number of nitrogens with two attached hydrogens (primary N) is 1. The zero-order chi connectivity index (χ0) is 19.9. The van der Waals surface area contributed by atoms with E-state index in [9.17, 15) is 13.2 Å². The molecule has 0 unspecified atom stereocenters. The molecule has 0 aliphatic rings. The fraction of sp³-hybridized carbons (Fsp3) is 0.316. The van der Waals surface area contributed by atoms with Gasteiger partial charge < -0.3 is 15.8 Å². The molecule has 0 saturated carbocycles. The summed E-state index contributed by atoms with van der Waals surface area (Å²) in [4.78, 5) is 12.1. The number of hydrogen-bond acceptors (Lipinski definition) is 5. The van der Waals surface area contributed by atoms with Crippen molar-refractivity contribution in [2.45, 2.75) is 24.7 Å². The molecular weight excluding hydrogens is 366 g/mol. The van der Waals surface area contributed by atoms with Gasteiger partial charge in [-0.2, -0.15) is 0 Å². The summed E-state index contributed by atoms with van der Waals surface area (Å²) in [5, 5.41) is 2.63. The van der Waals surface area contributed by atoms with Crippen molar-refractivity contribution in [2.75, 3.05) is 25.0 Å². The molecule has 0 fully saturated rings. The van der Waals surface area contributed by atoms with Crippen LogP contribution < -0.4 is 20.5 Å². The molecule has 0 radical (unpaired) electrons. The van der Waals surface area contributed by atoms with Gasteiger partial charge in [-0.3, -0.25) is 4.79 Å². The minimum atomic E-state index is -3.66. The van der Waals surface area contributed by atoms with E-state index in [1.165, 1.54) is 17.7 Å². The van der Waals surface area contributed by atoms with Crippen molar-refractivity contribution in [3.63, 3.8) is 0 Å². The summed E-state index contributed by atoms with van der Waals surface area (Å²) in [6.45, 7) is 4.36. The van der Waals surface area contributed by atoms with Gasteiger partial charge in [-0.15, -0.1) is 0 Å². The lowest BCUT2D eigenvalue weighted by Gasteiger charge is -2.11. The Kier molecular flexibility index (Phi) is 7.35. The van der Waals surface area contributed by atoms with Crippen molar-refractivity contribution in [1.29, 1.82) is 0 Å². The van der Waals surface area contributed by atoms with Crippen LogP contribution in [0.4, 0.5) is 5.69 Å². The fourth-order valence-electron chi connectivity index (χ4n) is 2.31. The number of hydrogen-bond donors (Lipinski definition) is 3. The van der Waals surface area contributed by atoms with E-state index in [2.05, 4.69) is 23.9 Å². The van der Waals surface area contributed by atoms with Crippen molar-refractivity contribution in [2.24, 2.45) is 5.73 Å². The minimum absolute atomic E-state index is 0.0546. The zero-order valence-electron chi connectivity index (χ0n) is 15.4. The van der Waals surface area contributed by atoms with Crippen LogP contribution in [-0.2, 0) is 14.8 Å². The van der Waals surface area contributed by atoms with Crippen molar-refractivity contribution in [3.8, 4) is 5.75 Å². The first-order valence-electron chi connectivity index (χ1n) is 8.64. The first kappa shape index (κ1) is 20.9. The summed E-state index contributed by atoms with van der Waals surface area (Å²) in [6.07, 6.45) is 0. The molecule has 0 atom stereocenters. The number of ether oxygens (including phenoxy) is 1. The average molecular weight is 391 g/mol. The van der Waals surface area contributed by atoms with Gasteiger partial charge in [-0.05, 0) is 41.8 Å². The van der Waals surface area contributed by atoms with E-state index in [0.29, 0.717) is 17.4 Å². The molecule has 27 heavy (non-hydrogen) atoms. The van der Waals surface area contributed by atoms with Gasteiger partial charge in [-0.1, -0.05) is 32.0 Å². The fourth-order valence-corrected chi connectivity index (χ4v) is 3.41. The topological polar surface area (TPSA) is 111 Å². The SMILES string of the molecule is CC(C)c1ccc(OCC(=O)Nc2cccc(S(=O)(=O)NCCN)c2)cc1. The molecule has 0 spiro atoms. The Morgan fingerprint density at radius 2 is 1.85 bits per heavy atom. The standard InChI is InChI=1S/C19H25N3O4S/c1-14(2)15-6-8-17(9-7-15)26-13-19(23)22-16-4-3-5-18(12-16)27(24,25)21-11-10-20/h3-9,12,14,21H,10-11,13,20H2,1-2H3,(H,22,23). The molecule has 0 bridgehead atoms. The Labute approximate surface area is 160 Å². The maximum absolute atomic E-state index is 12.1. The summed E-state index contributed by atoms with van der Waals surface area (Å²) in [7, 11) is -3.66. The first-order chi connectivity index (χ1) is 12.8. The van der Waals surface area contributed by atoms with Gasteiger partial charge in [0.1, 0.15) is 5.75 Å². The second-order valence-corrected chi connectivity index (χ2v) is 8.04. The number of benzene rings is 2. The van der Waals surface area contributed by atoms with Gasteiger partial charge in [0.2, 0.25) is 10.0 Å². The number of amides is 1. The summed E-state index contributed by atoms with van der Waals surface area (Å²) in [5.41, 5.74) is 6.87. The summed E-state index contributed by atoms with van der Waals surface area (Å²) in [6, 6.07) is 13.5. The first-order valence-corrected chi connectivity index (χ1v) is 10.1. The molecule has 146 valence electrons. The lowest BCUT2D eigenvalue weighted by Crippen LogP contribution is -2.29. The van der Waals surface area contributed by atoms with Gasteiger partial charge in [0.15, 0.2) is 6.61 Å². The Morgan fingerprint density at radius 1 is 1.15 bits per heavy atom. The third-order valence-electron chi connectivity index (χ3n) is 3.78. The second-order valence-electron chi connectivity index (χ2n) is 6.27. The molecule has 0 aliphatic carbocycles. The third-order valence-corrected chi connectivity index (χ3v) is 5.24. The van der Waals surface area contributed by atoms with E-state index in [0.717, 1.165) is 0 Å². The summed E-state index contributed by atoms with van der Waals surface area (Å²) < 4.78 is 32.1. The van der Waals surface area contributed by atoms with Crippen LogP contribution >= 0.6 is 0 Å². The van der Waals surface area contributed by atoms with Crippen LogP contribution in [0.15, 0.2) is 53.4 Å². The molecule has 0 saturated heterocycles. The van der Waals surface area contributed by atoms with Crippen LogP contribution in [0, 0.1) is 0 Å². The largest absolute Gasteiger partial charge is 0.484 e. The smallest absolute Gasteiger partial charge is 0.262 e. The van der Waals surface area contributed by atoms with Crippen molar-refractivity contribution >= 4 is 21.6 Å². The Bertz CT molecular complexity index is 865. The normalized spacial score (nSPS) is 11.4. The Morgan fingerprint density at radius 3 is 2.48 bits per heavy atom. The number of carbonyl (C=O) groups excluding carboxylic acids is 1. The van der Waals surface area contributed by atoms with Crippen molar-refractivity contribution < 1.29 is 17.9 Å². The third kappa shape index (κ3) is 6.35. The molecule has 2 aromatic rings. The van der Waals surface area contributed by atoms with E-state index in [1.54, 1.807) is 12.1 Å². The average Bonchev–Trinajstić information content (AvgIpc) is 2.65. The van der Waals surface area contributed by atoms with Gasteiger partial charge in [0.25, 0.3) is 5.91 Å². The van der Waals surface area contributed by atoms with Gasteiger partial charge >= 0.3 is 0 Å². The molecule has 0 heterocycles. The van der Waals surface area contributed by atoms with Gasteiger partial charge in [-0.25, -0.2) is 13.1 Å². The van der Waals surface area contributed by atoms with E-state index in [4.69, 9.17) is 10.5 Å². The van der Waals surface area contributed by atoms with Gasteiger partial charge in [0.05, 0.1) is 4.90 Å². The highest BCUT2D eigenvalue weighted by atomic mass is 32.2. The molecule has 1 amide bonds. The molecule has 2 rings (SSSR count). The van der Waals surface area contributed by atoms with E-state index in [1.807, 2.05) is 24.3 Å². The minimum Gasteiger partial charge on any atom is -0.484 e. The van der Waals surface area contributed by atoms with Crippen LogP contribution in [0.5, 0.6) is 5.75 Å². The molecule has 7 nitrogen and oxygen atoms in total. The van der Waals surface area contributed by atoms with E-state index >= 15 is 0 Å². The number of sulfonamides is 1. The molecular formula is C19H25N3O4S. The number of rotatable bonds is 9. The van der Waals surface area contributed by atoms with Crippen molar-refractivity contribution in [1.82, 2.24) is 4.72 Å².